The van der Waals surface area contributed by atoms with Crippen LogP contribution < -0.4 is 33.6 Å². The molecule has 0 amide bonds. The summed E-state index contributed by atoms with van der Waals surface area (Å²) in [5.41, 5.74) is 24.2. The van der Waals surface area contributed by atoms with Crippen LogP contribution in [0, 0.1) is 5.92 Å². The Labute approximate surface area is 227 Å². The molecule has 3 fully saturated rings. The van der Waals surface area contributed by atoms with E-state index in [1.807, 2.05) is 6.92 Å². The standard InChI is InChI=1S/C23H48N6O10/c1-2-28-6-11-17(33)19(35)15(27)22(37-11)13-9(25)3-10(29-5-8(31)4-24)21(18(13)34)39-23-20(36)14(26)16(32)12(7-30)38-23/h8-23,28-36H,2-7,24-27H2,1H3/t8?,9-,10+,11+,12+,13?,14-,15+,16+,17+,18-,19+,20+,21-,22+,23+/m0/s1. The summed E-state index contributed by atoms with van der Waals surface area (Å²) in [6, 6.07) is -3.70. The van der Waals surface area contributed by atoms with Crippen LogP contribution in [0.4, 0.5) is 0 Å². The first-order chi connectivity index (χ1) is 18.5. The van der Waals surface area contributed by atoms with Gasteiger partial charge in [0, 0.05) is 37.6 Å². The number of likely N-dealkylation sites (N-methyl/N-ethyl adjacent to an activating group) is 1. The zero-order chi connectivity index (χ0) is 29.0. The Bertz CT molecular complexity index is 746. The van der Waals surface area contributed by atoms with Gasteiger partial charge in [0.15, 0.2) is 6.29 Å². The largest absolute Gasteiger partial charge is 0.394 e. The lowest BCUT2D eigenvalue weighted by Crippen LogP contribution is -2.72. The summed E-state index contributed by atoms with van der Waals surface area (Å²) >= 11 is 0. The van der Waals surface area contributed by atoms with Crippen molar-refractivity contribution in [3.8, 4) is 0 Å². The summed E-state index contributed by atoms with van der Waals surface area (Å²) in [6.07, 6.45) is -13.1. The van der Waals surface area contributed by atoms with E-state index in [4.69, 9.17) is 37.1 Å². The average Bonchev–Trinajstić information content (AvgIpc) is 2.92. The lowest BCUT2D eigenvalue weighted by atomic mass is 9.71. The van der Waals surface area contributed by atoms with Crippen molar-refractivity contribution in [1.29, 1.82) is 0 Å². The molecule has 16 heteroatoms. The molecule has 2 unspecified atom stereocenters. The Balaban J connectivity index is 1.87. The molecule has 3 aliphatic rings. The lowest BCUT2D eigenvalue weighted by molar-refractivity contribution is -0.308. The molecule has 2 heterocycles. The maximum absolute atomic E-state index is 11.6. The third-order valence-corrected chi connectivity index (χ3v) is 8.08. The van der Waals surface area contributed by atoms with Gasteiger partial charge in [-0.2, -0.15) is 0 Å². The monoisotopic (exact) mass is 568 g/mol. The third-order valence-electron chi connectivity index (χ3n) is 8.08. The molecule has 3 rings (SSSR count). The van der Waals surface area contributed by atoms with Crippen LogP contribution in [0.15, 0.2) is 0 Å². The van der Waals surface area contributed by atoms with Crippen LogP contribution in [0.2, 0.25) is 0 Å². The van der Waals surface area contributed by atoms with Crippen LogP contribution in [-0.4, -0.2) is 160 Å². The lowest BCUT2D eigenvalue weighted by Gasteiger charge is -2.52. The van der Waals surface area contributed by atoms with E-state index >= 15 is 0 Å². The minimum atomic E-state index is -1.51. The highest BCUT2D eigenvalue weighted by Gasteiger charge is 2.55. The summed E-state index contributed by atoms with van der Waals surface area (Å²) in [4.78, 5) is 0. The van der Waals surface area contributed by atoms with Crippen LogP contribution in [0.25, 0.3) is 0 Å². The molecule has 0 aromatic carbocycles. The molecule has 2 aliphatic heterocycles. The normalized spacial score (nSPS) is 48.2. The Morgan fingerprint density at radius 3 is 2.23 bits per heavy atom. The van der Waals surface area contributed by atoms with Crippen LogP contribution in [0.5, 0.6) is 0 Å². The van der Waals surface area contributed by atoms with Gasteiger partial charge in [-0.3, -0.25) is 0 Å². The minimum Gasteiger partial charge on any atom is -0.394 e. The topological polar surface area (TPSA) is 297 Å². The fourth-order valence-corrected chi connectivity index (χ4v) is 5.68. The molecule has 16 nitrogen and oxygen atoms in total. The number of hydrogen-bond acceptors (Lipinski definition) is 16. The van der Waals surface area contributed by atoms with E-state index in [0.29, 0.717) is 6.54 Å². The number of nitrogens with two attached hydrogens (primary N) is 4. The second kappa shape index (κ2) is 14.5. The van der Waals surface area contributed by atoms with E-state index in [0.717, 1.165) is 0 Å². The molecule has 1 saturated carbocycles. The molecule has 16 atom stereocenters. The van der Waals surface area contributed by atoms with Gasteiger partial charge in [-0.05, 0) is 13.0 Å². The van der Waals surface area contributed by atoms with Gasteiger partial charge in [-0.15, -0.1) is 0 Å². The van der Waals surface area contributed by atoms with Crippen LogP contribution in [0.1, 0.15) is 13.3 Å². The smallest absolute Gasteiger partial charge is 0.186 e. The predicted octanol–water partition coefficient (Wildman–Crippen LogP) is -7.45. The van der Waals surface area contributed by atoms with Gasteiger partial charge in [-0.25, -0.2) is 0 Å². The van der Waals surface area contributed by atoms with E-state index in [9.17, 15) is 35.7 Å². The third kappa shape index (κ3) is 7.23. The van der Waals surface area contributed by atoms with Crippen molar-refractivity contribution in [1.82, 2.24) is 10.6 Å². The Hall–Kier alpha value is -0.640. The molecule has 0 spiro atoms. The maximum atomic E-state index is 11.6. The molecule has 1 aliphatic carbocycles. The Morgan fingerprint density at radius 2 is 1.62 bits per heavy atom. The van der Waals surface area contributed by atoms with Gasteiger partial charge in [0.2, 0.25) is 0 Å². The molecule has 0 bridgehead atoms. The number of nitrogens with one attached hydrogen (secondary N) is 2. The highest BCUT2D eigenvalue weighted by Crippen LogP contribution is 2.36. The Morgan fingerprint density at radius 1 is 0.923 bits per heavy atom. The minimum absolute atomic E-state index is 0.0178. The molecular formula is C23H48N6O10. The van der Waals surface area contributed by atoms with E-state index in [-0.39, 0.29) is 26.1 Å². The highest BCUT2D eigenvalue weighted by atomic mass is 16.7. The SMILES string of the molecule is CCNC[C@H]1O[C@H](C2[C@@H](N)C[C@@H](NCC(O)CN)[C@H](O[C@H]3O[C@H](CO)[C@@H](O)[C@H](N)[C@H]3O)[C@H]2O)[C@H](N)[C@@H](O)[C@@H]1O. The zero-order valence-electron chi connectivity index (χ0n) is 22.1. The molecule has 17 N–H and O–H groups in total. The van der Waals surface area contributed by atoms with E-state index in [1.165, 1.54) is 0 Å². The van der Waals surface area contributed by atoms with Crippen LogP contribution in [0.3, 0.4) is 0 Å². The van der Waals surface area contributed by atoms with Crippen molar-refractivity contribution in [2.45, 2.75) is 105 Å². The van der Waals surface area contributed by atoms with Gasteiger partial charge in [0.05, 0.1) is 43.1 Å². The summed E-state index contributed by atoms with van der Waals surface area (Å²) in [6.45, 7) is 2.13. The zero-order valence-corrected chi connectivity index (χ0v) is 22.1. The summed E-state index contributed by atoms with van der Waals surface area (Å²) in [7, 11) is 0. The maximum Gasteiger partial charge on any atom is 0.186 e. The predicted molar refractivity (Wildman–Crippen MR) is 137 cm³/mol. The van der Waals surface area contributed by atoms with Crippen molar-refractivity contribution in [3.63, 3.8) is 0 Å². The van der Waals surface area contributed by atoms with Crippen LogP contribution in [-0.2, 0) is 14.2 Å². The molecule has 0 aromatic rings. The van der Waals surface area contributed by atoms with Gasteiger partial charge in [0.25, 0.3) is 0 Å². The number of ether oxygens (including phenoxy) is 3. The second-order valence-corrected chi connectivity index (χ2v) is 10.8. The number of aliphatic hydroxyl groups is 7. The second-order valence-electron chi connectivity index (χ2n) is 10.8. The quantitative estimate of drug-likeness (QED) is 0.110. The van der Waals surface area contributed by atoms with Crippen LogP contribution >= 0.6 is 0 Å². The first kappa shape index (κ1) is 32.9. The molecule has 230 valence electrons. The van der Waals surface area contributed by atoms with E-state index in [1.54, 1.807) is 0 Å². The van der Waals surface area contributed by atoms with Gasteiger partial charge in [0.1, 0.15) is 36.6 Å². The first-order valence-corrected chi connectivity index (χ1v) is 13.5. The number of hydrogen-bond donors (Lipinski definition) is 13. The molecule has 39 heavy (non-hydrogen) atoms. The van der Waals surface area contributed by atoms with Crippen molar-refractivity contribution >= 4 is 0 Å². The van der Waals surface area contributed by atoms with Crippen molar-refractivity contribution in [3.05, 3.63) is 0 Å². The van der Waals surface area contributed by atoms with Gasteiger partial charge < -0.3 is 83.5 Å². The summed E-state index contributed by atoms with van der Waals surface area (Å²) in [5.74, 6) is -0.887. The number of aliphatic hydroxyl groups excluding tert-OH is 7. The van der Waals surface area contributed by atoms with Crippen molar-refractivity contribution in [2.24, 2.45) is 28.9 Å². The fraction of sp³-hybridized carbons (Fsp3) is 1.00. The fourth-order valence-electron chi connectivity index (χ4n) is 5.68. The Kier molecular flexibility index (Phi) is 12.2. The van der Waals surface area contributed by atoms with Crippen molar-refractivity contribution in [2.75, 3.05) is 32.8 Å². The van der Waals surface area contributed by atoms with Gasteiger partial charge in [-0.1, -0.05) is 6.92 Å². The molecule has 0 aromatic heterocycles. The van der Waals surface area contributed by atoms with E-state index < -0.39 is 104 Å². The summed E-state index contributed by atoms with van der Waals surface area (Å²) < 4.78 is 17.7. The molecule has 2 saturated heterocycles. The summed E-state index contributed by atoms with van der Waals surface area (Å²) in [5, 5.41) is 79.4. The first-order valence-electron chi connectivity index (χ1n) is 13.5. The average molecular weight is 569 g/mol. The molecular weight excluding hydrogens is 520 g/mol. The van der Waals surface area contributed by atoms with Gasteiger partial charge >= 0.3 is 0 Å². The van der Waals surface area contributed by atoms with Crippen molar-refractivity contribution < 1.29 is 50.0 Å². The van der Waals surface area contributed by atoms with E-state index in [2.05, 4.69) is 10.6 Å². The number of rotatable bonds is 11. The highest BCUT2D eigenvalue weighted by molar-refractivity contribution is 5.08. The molecule has 0 radical (unpaired) electrons.